The van der Waals surface area contributed by atoms with Crippen molar-refractivity contribution in [1.82, 2.24) is 15.8 Å². The molecule has 5 rings (SSSR count). The van der Waals surface area contributed by atoms with E-state index in [1.807, 2.05) is 36.4 Å². The summed E-state index contributed by atoms with van der Waals surface area (Å²) in [6, 6.07) is 23.9. The first-order valence-corrected chi connectivity index (χ1v) is 12.5. The number of benzene rings is 3. The summed E-state index contributed by atoms with van der Waals surface area (Å²) in [5, 5.41) is 0.891. The molecule has 0 atom stereocenters. The number of amides is 2. The number of carbonyl (C=O) groups is 2. The number of carbonyl (C=O) groups excluding carboxylic acids is 2. The molecule has 1 aliphatic rings. The maximum absolute atomic E-state index is 13.4. The van der Waals surface area contributed by atoms with Crippen molar-refractivity contribution in [3.8, 4) is 0 Å². The fourth-order valence-corrected chi connectivity index (χ4v) is 5.70. The molecular weight excluding hydrogens is 464 g/mol. The largest absolute Gasteiger partial charge is 0.288 e. The van der Waals surface area contributed by atoms with Gasteiger partial charge in [0, 0.05) is 17.5 Å². The second kappa shape index (κ2) is 9.19. The Bertz CT molecular complexity index is 1550. The van der Waals surface area contributed by atoms with Gasteiger partial charge in [0.2, 0.25) is 0 Å². The Labute approximate surface area is 202 Å². The SMILES string of the molecule is O=C(NNC(=O)c1ccc2ccccc2n1)c1cccc(S(=O)(=O)N2CCCc3ccccc32)c1. The fraction of sp³-hybridized carbons (Fsp3) is 0.115. The fourth-order valence-electron chi connectivity index (χ4n) is 4.12. The van der Waals surface area contributed by atoms with E-state index in [0.717, 1.165) is 17.4 Å². The highest BCUT2D eigenvalue weighted by molar-refractivity contribution is 7.92. The van der Waals surface area contributed by atoms with Crippen LogP contribution in [0.25, 0.3) is 10.9 Å². The number of aromatic nitrogens is 1. The predicted molar refractivity (Wildman–Crippen MR) is 132 cm³/mol. The minimum absolute atomic E-state index is 0.00405. The quantitative estimate of drug-likeness (QED) is 0.430. The lowest BCUT2D eigenvalue weighted by molar-refractivity contribution is 0.0844. The summed E-state index contributed by atoms with van der Waals surface area (Å²) in [5.41, 5.74) is 7.20. The van der Waals surface area contributed by atoms with Crippen molar-refractivity contribution in [2.75, 3.05) is 10.8 Å². The van der Waals surface area contributed by atoms with E-state index in [1.54, 1.807) is 24.3 Å². The van der Waals surface area contributed by atoms with E-state index in [-0.39, 0.29) is 16.2 Å². The number of hydrazine groups is 1. The van der Waals surface area contributed by atoms with Crippen molar-refractivity contribution in [2.24, 2.45) is 0 Å². The van der Waals surface area contributed by atoms with Crippen LogP contribution < -0.4 is 15.2 Å². The van der Waals surface area contributed by atoms with E-state index in [2.05, 4.69) is 15.8 Å². The van der Waals surface area contributed by atoms with E-state index < -0.39 is 21.8 Å². The number of nitrogens with one attached hydrogen (secondary N) is 2. The second-order valence-corrected chi connectivity index (χ2v) is 10.00. The molecule has 0 saturated carbocycles. The van der Waals surface area contributed by atoms with Crippen molar-refractivity contribution in [2.45, 2.75) is 17.7 Å². The number of fused-ring (bicyclic) bond motifs is 2. The number of aryl methyl sites for hydroxylation is 1. The first-order valence-electron chi connectivity index (χ1n) is 11.1. The number of para-hydroxylation sites is 2. The van der Waals surface area contributed by atoms with Gasteiger partial charge in [-0.25, -0.2) is 13.4 Å². The average molecular weight is 487 g/mol. The zero-order chi connectivity index (χ0) is 24.4. The van der Waals surface area contributed by atoms with Crippen LogP contribution in [0, 0.1) is 0 Å². The van der Waals surface area contributed by atoms with Gasteiger partial charge in [-0.2, -0.15) is 0 Å². The van der Waals surface area contributed by atoms with Gasteiger partial charge in [0.1, 0.15) is 5.69 Å². The normalized spacial score (nSPS) is 13.2. The molecule has 2 N–H and O–H groups in total. The van der Waals surface area contributed by atoms with Crippen molar-refractivity contribution < 1.29 is 18.0 Å². The van der Waals surface area contributed by atoms with Gasteiger partial charge in [-0.3, -0.25) is 24.7 Å². The molecule has 0 spiro atoms. The Morgan fingerprint density at radius 3 is 2.49 bits per heavy atom. The minimum atomic E-state index is -3.87. The zero-order valence-electron chi connectivity index (χ0n) is 18.6. The molecule has 9 heteroatoms. The monoisotopic (exact) mass is 486 g/mol. The van der Waals surface area contributed by atoms with E-state index >= 15 is 0 Å². The lowest BCUT2D eigenvalue weighted by Crippen LogP contribution is -2.42. The van der Waals surface area contributed by atoms with Crippen LogP contribution in [0.3, 0.4) is 0 Å². The highest BCUT2D eigenvalue weighted by atomic mass is 32.2. The summed E-state index contributed by atoms with van der Waals surface area (Å²) in [5.74, 6) is -1.23. The smallest absolute Gasteiger partial charge is 0.267 e. The Kier molecular flexibility index (Phi) is 5.92. The van der Waals surface area contributed by atoms with Crippen LogP contribution in [0.15, 0.2) is 89.8 Å². The third kappa shape index (κ3) is 4.45. The number of anilines is 1. The van der Waals surface area contributed by atoms with Crippen LogP contribution in [-0.4, -0.2) is 31.8 Å². The van der Waals surface area contributed by atoms with Gasteiger partial charge >= 0.3 is 0 Å². The van der Waals surface area contributed by atoms with Crippen LogP contribution in [0.2, 0.25) is 0 Å². The number of nitrogens with zero attached hydrogens (tertiary/aromatic N) is 2. The summed E-state index contributed by atoms with van der Waals surface area (Å²) >= 11 is 0. The lowest BCUT2D eigenvalue weighted by atomic mass is 10.0. The zero-order valence-corrected chi connectivity index (χ0v) is 19.5. The number of hydrogen-bond donors (Lipinski definition) is 2. The number of rotatable bonds is 4. The molecule has 0 unspecified atom stereocenters. The standard InChI is InChI=1S/C26H22N4O4S/c31-25(28-29-26(32)23-15-14-18-7-1-3-12-22(18)27-23)20-9-5-11-21(17-20)35(33,34)30-16-6-10-19-8-2-4-13-24(19)30/h1-5,7-9,11-15,17H,6,10,16H2,(H,28,31)(H,29,32). The van der Waals surface area contributed by atoms with Gasteiger partial charge in [0.25, 0.3) is 21.8 Å². The highest BCUT2D eigenvalue weighted by Gasteiger charge is 2.29. The van der Waals surface area contributed by atoms with Crippen LogP contribution in [0.5, 0.6) is 0 Å². The highest BCUT2D eigenvalue weighted by Crippen LogP contribution is 2.31. The Hall–Kier alpha value is -4.24. The molecule has 0 saturated heterocycles. The van der Waals surface area contributed by atoms with Gasteiger partial charge in [-0.1, -0.05) is 48.5 Å². The molecular formula is C26H22N4O4S. The minimum Gasteiger partial charge on any atom is -0.267 e. The average Bonchev–Trinajstić information content (AvgIpc) is 2.91. The number of hydrogen-bond acceptors (Lipinski definition) is 5. The maximum atomic E-state index is 13.4. The van der Waals surface area contributed by atoms with Crippen molar-refractivity contribution in [3.05, 3.63) is 102 Å². The molecule has 3 aromatic carbocycles. The van der Waals surface area contributed by atoms with Gasteiger partial charge in [0.05, 0.1) is 16.1 Å². The van der Waals surface area contributed by atoms with Crippen LogP contribution in [0.4, 0.5) is 5.69 Å². The van der Waals surface area contributed by atoms with Gasteiger partial charge in [0.15, 0.2) is 0 Å². The molecule has 35 heavy (non-hydrogen) atoms. The number of sulfonamides is 1. The third-order valence-electron chi connectivity index (χ3n) is 5.87. The lowest BCUT2D eigenvalue weighted by Gasteiger charge is -2.30. The summed E-state index contributed by atoms with van der Waals surface area (Å²) in [6.45, 7) is 0.366. The van der Waals surface area contributed by atoms with E-state index in [9.17, 15) is 18.0 Å². The molecule has 4 aromatic rings. The topological polar surface area (TPSA) is 108 Å². The molecule has 0 fully saturated rings. The van der Waals surface area contributed by atoms with E-state index in [4.69, 9.17) is 0 Å². The summed E-state index contributed by atoms with van der Waals surface area (Å²) in [7, 11) is -3.87. The predicted octanol–water partition coefficient (Wildman–Crippen LogP) is 3.45. The second-order valence-electron chi connectivity index (χ2n) is 8.13. The molecule has 0 radical (unpaired) electrons. The molecule has 2 amide bonds. The maximum Gasteiger partial charge on any atom is 0.288 e. The summed E-state index contributed by atoms with van der Waals surface area (Å²) < 4.78 is 28.2. The molecule has 0 bridgehead atoms. The van der Waals surface area contributed by atoms with Crippen molar-refractivity contribution >= 4 is 38.4 Å². The third-order valence-corrected chi connectivity index (χ3v) is 7.68. The van der Waals surface area contributed by atoms with E-state index in [0.29, 0.717) is 24.2 Å². The van der Waals surface area contributed by atoms with Crippen LogP contribution >= 0.6 is 0 Å². The van der Waals surface area contributed by atoms with Crippen molar-refractivity contribution in [1.29, 1.82) is 0 Å². The van der Waals surface area contributed by atoms with Gasteiger partial charge in [-0.15, -0.1) is 0 Å². The Morgan fingerprint density at radius 1 is 0.829 bits per heavy atom. The number of pyridine rings is 1. The van der Waals surface area contributed by atoms with Crippen LogP contribution in [0.1, 0.15) is 32.8 Å². The molecule has 176 valence electrons. The molecule has 0 aliphatic carbocycles. The van der Waals surface area contributed by atoms with Crippen molar-refractivity contribution in [3.63, 3.8) is 0 Å². The molecule has 1 aromatic heterocycles. The summed E-state index contributed by atoms with van der Waals surface area (Å²) in [4.78, 5) is 29.5. The Balaban J connectivity index is 1.32. The van der Waals surface area contributed by atoms with Gasteiger partial charge in [-0.05, 0) is 54.8 Å². The Morgan fingerprint density at radius 2 is 1.60 bits per heavy atom. The van der Waals surface area contributed by atoms with E-state index in [1.165, 1.54) is 28.6 Å². The van der Waals surface area contributed by atoms with Crippen LogP contribution in [-0.2, 0) is 16.4 Å². The first kappa shape index (κ1) is 22.5. The molecule has 1 aliphatic heterocycles. The first-order chi connectivity index (χ1) is 16.9. The molecule has 2 heterocycles. The summed E-state index contributed by atoms with van der Waals surface area (Å²) in [6.07, 6.45) is 1.53. The van der Waals surface area contributed by atoms with Gasteiger partial charge < -0.3 is 0 Å². The molecule has 8 nitrogen and oxygen atoms in total.